The number of rotatable bonds is 5. The van der Waals surface area contributed by atoms with Gasteiger partial charge < -0.3 is 12.9 Å². The second-order valence-electron chi connectivity index (χ2n) is 1.99. The Balaban J connectivity index is -0.000000245. The van der Waals surface area contributed by atoms with Crippen molar-refractivity contribution in [3.63, 3.8) is 0 Å². The van der Waals surface area contributed by atoms with Gasteiger partial charge in [0.15, 0.2) is 0 Å². The van der Waals surface area contributed by atoms with Crippen molar-refractivity contribution in [2.75, 3.05) is 13.1 Å². The van der Waals surface area contributed by atoms with Crippen molar-refractivity contribution in [3.8, 4) is 0 Å². The van der Waals surface area contributed by atoms with Crippen molar-refractivity contribution < 1.29 is 31.0 Å². The monoisotopic (exact) mass is 140 g/mol. The van der Waals surface area contributed by atoms with Gasteiger partial charge in [-0.05, 0) is 25.9 Å². The second-order valence-corrected chi connectivity index (χ2v) is 1.99. The molecule has 0 saturated carbocycles. The normalized spacial score (nSPS) is 8.67. The van der Waals surface area contributed by atoms with E-state index >= 15 is 0 Å². The molecule has 0 aromatic heterocycles. The molecule has 0 aromatic carbocycles. The van der Waals surface area contributed by atoms with E-state index < -0.39 is 0 Å². The van der Waals surface area contributed by atoms with Crippen molar-refractivity contribution >= 4 is 0 Å². The molecule has 0 fully saturated rings. The zero-order valence-corrected chi connectivity index (χ0v) is 8.40. The number of hydrogen-bond acceptors (Lipinski definition) is 2. The van der Waals surface area contributed by atoms with E-state index in [-0.39, 0.29) is 31.0 Å². The molecular weight excluding hydrogens is 123 g/mol. The first kappa shape index (κ1) is 12.6. The molecule has 9 heavy (non-hydrogen) atoms. The number of hydrogen-bond donors (Lipinski definition) is 2. The minimum absolute atomic E-state index is 0. The Bertz CT molecular complexity index is 40.7. The molecule has 0 saturated heterocycles. The smallest absolute Gasteiger partial charge is 1.00 e. The first-order chi connectivity index (χ1) is 3.91. The molecule has 0 spiro atoms. The minimum atomic E-state index is 0. The molecule has 0 heterocycles. The van der Waals surface area contributed by atoms with Gasteiger partial charge in [-0.2, -0.15) is 0 Å². The van der Waals surface area contributed by atoms with Gasteiger partial charge in [0.1, 0.15) is 0 Å². The van der Waals surface area contributed by atoms with Gasteiger partial charge in [-0.3, -0.25) is 0 Å². The first-order valence-corrected chi connectivity index (χ1v) is 3.32. The van der Waals surface area contributed by atoms with Crippen LogP contribution in [0.5, 0.6) is 0 Å². The summed E-state index contributed by atoms with van der Waals surface area (Å²) in [7, 11) is 0. The van der Waals surface area contributed by atoms with Gasteiger partial charge in [0.2, 0.25) is 0 Å². The standard InChI is InChI=1S/C6H16N2.Na.H/c7-5-3-1-2-4-6-8;;/h1-8H2;;/q;+1;-1. The Morgan fingerprint density at radius 1 is 0.778 bits per heavy atom. The summed E-state index contributed by atoms with van der Waals surface area (Å²) < 4.78 is 0. The Morgan fingerprint density at radius 2 is 1.11 bits per heavy atom. The van der Waals surface area contributed by atoms with E-state index in [1.165, 1.54) is 12.8 Å². The molecule has 0 atom stereocenters. The molecule has 4 N–H and O–H groups in total. The fourth-order valence-corrected chi connectivity index (χ4v) is 0.642. The SMILES string of the molecule is NCCCCCCN.[H-].[Na+]. The van der Waals surface area contributed by atoms with Gasteiger partial charge in [0.25, 0.3) is 0 Å². The van der Waals surface area contributed by atoms with Crippen molar-refractivity contribution in [2.24, 2.45) is 11.5 Å². The number of nitrogens with two attached hydrogens (primary N) is 2. The minimum Gasteiger partial charge on any atom is -1.00 e. The largest absolute Gasteiger partial charge is 1.00 e. The Kier molecular flexibility index (Phi) is 16.3. The van der Waals surface area contributed by atoms with E-state index in [0.29, 0.717) is 0 Å². The Morgan fingerprint density at radius 3 is 1.33 bits per heavy atom. The van der Waals surface area contributed by atoms with Crippen LogP contribution in [0.15, 0.2) is 0 Å². The first-order valence-electron chi connectivity index (χ1n) is 3.32. The van der Waals surface area contributed by atoms with E-state index in [4.69, 9.17) is 11.5 Å². The fraction of sp³-hybridized carbons (Fsp3) is 1.00. The summed E-state index contributed by atoms with van der Waals surface area (Å²) >= 11 is 0. The van der Waals surface area contributed by atoms with Crippen LogP contribution in [-0.4, -0.2) is 13.1 Å². The van der Waals surface area contributed by atoms with Crippen LogP contribution >= 0.6 is 0 Å². The molecule has 3 heteroatoms. The van der Waals surface area contributed by atoms with Crippen LogP contribution < -0.4 is 41.0 Å². The summed E-state index contributed by atoms with van der Waals surface area (Å²) in [6.45, 7) is 1.65. The van der Waals surface area contributed by atoms with Gasteiger partial charge in [-0.25, -0.2) is 0 Å². The van der Waals surface area contributed by atoms with E-state index in [1.54, 1.807) is 0 Å². The van der Waals surface area contributed by atoms with Crippen LogP contribution in [-0.2, 0) is 0 Å². The molecule has 52 valence electrons. The van der Waals surface area contributed by atoms with Crippen molar-refractivity contribution in [1.82, 2.24) is 0 Å². The maximum absolute atomic E-state index is 5.28. The molecule has 0 bridgehead atoms. The van der Waals surface area contributed by atoms with Crippen molar-refractivity contribution in [2.45, 2.75) is 25.7 Å². The van der Waals surface area contributed by atoms with Crippen molar-refractivity contribution in [3.05, 3.63) is 0 Å². The Hall–Kier alpha value is 0.920. The summed E-state index contributed by atoms with van der Waals surface area (Å²) in [4.78, 5) is 0. The Labute approximate surface area is 81.1 Å². The molecule has 0 unspecified atom stereocenters. The topological polar surface area (TPSA) is 52.0 Å². The molecular formula is C6H17N2Na. The fourth-order valence-electron chi connectivity index (χ4n) is 0.642. The zero-order valence-electron chi connectivity index (χ0n) is 7.40. The third kappa shape index (κ3) is 12.2. The van der Waals surface area contributed by atoms with Gasteiger partial charge in [0.05, 0.1) is 0 Å². The van der Waals surface area contributed by atoms with Gasteiger partial charge in [0, 0.05) is 0 Å². The van der Waals surface area contributed by atoms with E-state index in [2.05, 4.69) is 0 Å². The quantitative estimate of drug-likeness (QED) is 0.330. The average molecular weight is 140 g/mol. The third-order valence-corrected chi connectivity index (χ3v) is 1.16. The van der Waals surface area contributed by atoms with E-state index in [0.717, 1.165) is 25.9 Å². The summed E-state index contributed by atoms with van der Waals surface area (Å²) in [5, 5.41) is 0. The summed E-state index contributed by atoms with van der Waals surface area (Å²) in [6, 6.07) is 0. The third-order valence-electron chi connectivity index (χ3n) is 1.16. The van der Waals surface area contributed by atoms with Gasteiger partial charge in [-0.15, -0.1) is 0 Å². The molecule has 2 nitrogen and oxygen atoms in total. The van der Waals surface area contributed by atoms with Crippen LogP contribution in [0, 0.1) is 0 Å². The molecule has 0 aliphatic rings. The molecule has 0 rings (SSSR count). The summed E-state index contributed by atoms with van der Waals surface area (Å²) in [6.07, 6.45) is 4.79. The second kappa shape index (κ2) is 11.7. The predicted molar refractivity (Wildman–Crippen MR) is 37.7 cm³/mol. The maximum atomic E-state index is 5.28. The molecule has 0 aliphatic carbocycles. The predicted octanol–water partition coefficient (Wildman–Crippen LogP) is -2.42. The van der Waals surface area contributed by atoms with E-state index in [1.807, 2.05) is 0 Å². The summed E-state index contributed by atoms with van der Waals surface area (Å²) in [5.74, 6) is 0. The van der Waals surface area contributed by atoms with Crippen LogP contribution in [0.25, 0.3) is 0 Å². The summed E-state index contributed by atoms with van der Waals surface area (Å²) in [5.41, 5.74) is 10.6. The number of unbranched alkanes of at least 4 members (excludes halogenated alkanes) is 3. The average Bonchev–Trinajstić information content (AvgIpc) is 1.81. The van der Waals surface area contributed by atoms with Crippen LogP contribution in [0.3, 0.4) is 0 Å². The molecule has 0 radical (unpaired) electrons. The van der Waals surface area contributed by atoms with Crippen LogP contribution in [0.4, 0.5) is 0 Å². The maximum Gasteiger partial charge on any atom is 1.00 e. The van der Waals surface area contributed by atoms with Crippen molar-refractivity contribution in [1.29, 1.82) is 0 Å². The van der Waals surface area contributed by atoms with Crippen LogP contribution in [0.1, 0.15) is 27.1 Å². The molecule has 0 aliphatic heterocycles. The van der Waals surface area contributed by atoms with Crippen LogP contribution in [0.2, 0.25) is 0 Å². The van der Waals surface area contributed by atoms with Gasteiger partial charge in [-0.1, -0.05) is 12.8 Å². The zero-order chi connectivity index (χ0) is 6.24. The molecule has 0 aromatic rings. The van der Waals surface area contributed by atoms with Gasteiger partial charge >= 0.3 is 29.6 Å². The van der Waals surface area contributed by atoms with E-state index in [9.17, 15) is 0 Å². The molecule has 0 amide bonds.